The van der Waals surface area contributed by atoms with Gasteiger partial charge in [0.15, 0.2) is 5.95 Å². The number of aliphatic hydroxyl groups is 1. The number of nitrogens with one attached hydrogen (secondary N) is 2. The first-order valence-corrected chi connectivity index (χ1v) is 5.10. The highest BCUT2D eigenvalue weighted by atomic mass is 32.1. The number of nitrogens with zero attached hydrogens (tertiary/aromatic N) is 1. The second kappa shape index (κ2) is 4.00. The molecule has 0 saturated heterocycles. The Morgan fingerprint density at radius 2 is 2.33 bits per heavy atom. The van der Waals surface area contributed by atoms with E-state index in [4.69, 9.17) is 23.1 Å². The van der Waals surface area contributed by atoms with Gasteiger partial charge in [0, 0.05) is 12.8 Å². The fourth-order valence-electron chi connectivity index (χ4n) is 1.60. The molecule has 0 aliphatic carbocycles. The van der Waals surface area contributed by atoms with E-state index in [0.29, 0.717) is 17.0 Å². The molecule has 0 amide bonds. The zero-order valence-electron chi connectivity index (χ0n) is 8.08. The van der Waals surface area contributed by atoms with E-state index in [0.717, 1.165) is 23.0 Å². The topological polar surface area (TPSA) is 90.7 Å². The van der Waals surface area contributed by atoms with Gasteiger partial charge in [0.05, 0.1) is 5.39 Å². The summed E-state index contributed by atoms with van der Waals surface area (Å²) in [6, 6.07) is 0. The molecular formula is C9H12N4OS. The molecule has 6 heteroatoms. The van der Waals surface area contributed by atoms with Gasteiger partial charge in [-0.15, -0.1) is 0 Å². The Morgan fingerprint density at radius 1 is 1.53 bits per heavy atom. The van der Waals surface area contributed by atoms with Crippen LogP contribution in [-0.2, 0) is 6.42 Å². The lowest BCUT2D eigenvalue weighted by molar-refractivity contribution is 0.289. The standard InChI is InChI=1S/C9H12N4OS/c10-9-12-7-6(8(15)13-9)5(4-11-7)2-1-3-14/h4,14H,1-3H2,(H4,10,11,12,13,15). The predicted molar refractivity (Wildman–Crippen MR) is 61.1 cm³/mol. The van der Waals surface area contributed by atoms with E-state index in [-0.39, 0.29) is 6.61 Å². The van der Waals surface area contributed by atoms with Gasteiger partial charge in [0.25, 0.3) is 0 Å². The molecule has 0 aliphatic heterocycles. The highest BCUT2D eigenvalue weighted by Crippen LogP contribution is 2.19. The SMILES string of the molecule is Nc1nc(=S)c2c(CCCO)c[nH]c2[nH]1. The third-order valence-electron chi connectivity index (χ3n) is 2.26. The van der Waals surface area contributed by atoms with Crippen LogP contribution in [0.2, 0.25) is 0 Å². The monoisotopic (exact) mass is 224 g/mol. The Kier molecular flexibility index (Phi) is 2.70. The van der Waals surface area contributed by atoms with Crippen LogP contribution in [0.5, 0.6) is 0 Å². The molecule has 0 atom stereocenters. The smallest absolute Gasteiger partial charge is 0.200 e. The highest BCUT2D eigenvalue weighted by molar-refractivity contribution is 7.71. The number of aromatic nitrogens is 3. The third-order valence-corrected chi connectivity index (χ3v) is 2.55. The number of aromatic amines is 2. The maximum Gasteiger partial charge on any atom is 0.200 e. The fraction of sp³-hybridized carbons (Fsp3) is 0.333. The first-order valence-electron chi connectivity index (χ1n) is 4.69. The molecule has 0 radical (unpaired) electrons. The van der Waals surface area contributed by atoms with Crippen molar-refractivity contribution in [2.24, 2.45) is 0 Å². The lowest BCUT2D eigenvalue weighted by Crippen LogP contribution is -1.96. The van der Waals surface area contributed by atoms with E-state index < -0.39 is 0 Å². The number of anilines is 1. The number of nitrogen functional groups attached to an aromatic ring is 1. The largest absolute Gasteiger partial charge is 0.396 e. The lowest BCUT2D eigenvalue weighted by Gasteiger charge is -1.98. The van der Waals surface area contributed by atoms with Crippen molar-refractivity contribution in [2.45, 2.75) is 12.8 Å². The summed E-state index contributed by atoms with van der Waals surface area (Å²) in [4.78, 5) is 9.96. The Bertz CT molecular complexity index is 530. The van der Waals surface area contributed by atoms with Crippen molar-refractivity contribution in [3.63, 3.8) is 0 Å². The second-order valence-corrected chi connectivity index (χ2v) is 3.70. The van der Waals surface area contributed by atoms with Crippen LogP contribution in [0.3, 0.4) is 0 Å². The molecule has 80 valence electrons. The minimum atomic E-state index is 0.172. The molecule has 0 aliphatic rings. The molecule has 0 fully saturated rings. The van der Waals surface area contributed by atoms with Crippen LogP contribution in [-0.4, -0.2) is 26.7 Å². The lowest BCUT2D eigenvalue weighted by atomic mass is 10.1. The zero-order valence-corrected chi connectivity index (χ0v) is 8.90. The maximum absolute atomic E-state index is 8.77. The van der Waals surface area contributed by atoms with Crippen LogP contribution in [0.4, 0.5) is 5.95 Å². The van der Waals surface area contributed by atoms with Crippen molar-refractivity contribution in [3.8, 4) is 0 Å². The number of aryl methyl sites for hydroxylation is 1. The van der Waals surface area contributed by atoms with Gasteiger partial charge in [-0.3, -0.25) is 0 Å². The van der Waals surface area contributed by atoms with Crippen LogP contribution in [0.25, 0.3) is 11.0 Å². The van der Waals surface area contributed by atoms with Gasteiger partial charge in [-0.05, 0) is 18.4 Å². The summed E-state index contributed by atoms with van der Waals surface area (Å²) in [5.41, 5.74) is 7.40. The molecule has 0 aromatic carbocycles. The van der Waals surface area contributed by atoms with Gasteiger partial charge in [-0.25, -0.2) is 4.98 Å². The molecule has 0 spiro atoms. The molecular weight excluding hydrogens is 212 g/mol. The Balaban J connectivity index is 2.54. The van der Waals surface area contributed by atoms with Crippen molar-refractivity contribution < 1.29 is 5.11 Å². The zero-order chi connectivity index (χ0) is 10.8. The van der Waals surface area contributed by atoms with Crippen molar-refractivity contribution >= 4 is 29.2 Å². The second-order valence-electron chi connectivity index (χ2n) is 3.32. The first kappa shape index (κ1) is 10.1. The Morgan fingerprint density at radius 3 is 3.07 bits per heavy atom. The van der Waals surface area contributed by atoms with Crippen molar-refractivity contribution in [1.29, 1.82) is 0 Å². The number of rotatable bonds is 3. The van der Waals surface area contributed by atoms with Gasteiger partial charge in [0.1, 0.15) is 10.3 Å². The van der Waals surface area contributed by atoms with E-state index in [1.807, 2.05) is 6.20 Å². The molecule has 15 heavy (non-hydrogen) atoms. The predicted octanol–water partition coefficient (Wildman–Crippen LogP) is 1.13. The van der Waals surface area contributed by atoms with Gasteiger partial charge >= 0.3 is 0 Å². The number of nitrogens with two attached hydrogens (primary N) is 1. The molecule has 2 heterocycles. The molecule has 5 nitrogen and oxygen atoms in total. The average molecular weight is 224 g/mol. The molecule has 2 aromatic rings. The summed E-state index contributed by atoms with van der Waals surface area (Å²) in [6.07, 6.45) is 3.36. The summed E-state index contributed by atoms with van der Waals surface area (Å²) in [7, 11) is 0. The van der Waals surface area contributed by atoms with E-state index in [1.165, 1.54) is 0 Å². The van der Waals surface area contributed by atoms with Crippen LogP contribution in [0, 0.1) is 4.64 Å². The normalized spacial score (nSPS) is 11.0. The van der Waals surface area contributed by atoms with Crippen LogP contribution in [0.1, 0.15) is 12.0 Å². The van der Waals surface area contributed by atoms with E-state index in [2.05, 4.69) is 15.0 Å². The molecule has 0 bridgehead atoms. The quantitative estimate of drug-likeness (QED) is 0.588. The van der Waals surface area contributed by atoms with Gasteiger partial charge in [-0.1, -0.05) is 12.2 Å². The fourth-order valence-corrected chi connectivity index (χ4v) is 1.93. The van der Waals surface area contributed by atoms with Crippen molar-refractivity contribution in [1.82, 2.24) is 15.0 Å². The van der Waals surface area contributed by atoms with E-state index in [1.54, 1.807) is 0 Å². The summed E-state index contributed by atoms with van der Waals surface area (Å²) in [5.74, 6) is 0.308. The summed E-state index contributed by atoms with van der Waals surface area (Å²) < 4.78 is 0.496. The minimum Gasteiger partial charge on any atom is -0.396 e. The van der Waals surface area contributed by atoms with Crippen molar-refractivity contribution in [3.05, 3.63) is 16.4 Å². The van der Waals surface area contributed by atoms with Gasteiger partial charge in [-0.2, -0.15) is 0 Å². The third kappa shape index (κ3) is 1.86. The molecule has 0 unspecified atom stereocenters. The van der Waals surface area contributed by atoms with Crippen LogP contribution >= 0.6 is 12.2 Å². The van der Waals surface area contributed by atoms with Crippen LogP contribution < -0.4 is 5.73 Å². The number of hydrogen-bond donors (Lipinski definition) is 4. The highest BCUT2D eigenvalue weighted by Gasteiger charge is 2.06. The Hall–Kier alpha value is -1.40. The summed E-state index contributed by atoms with van der Waals surface area (Å²) in [5, 5.41) is 9.67. The number of fused-ring (bicyclic) bond motifs is 1. The maximum atomic E-state index is 8.77. The number of aliphatic hydroxyl groups excluding tert-OH is 1. The van der Waals surface area contributed by atoms with E-state index in [9.17, 15) is 0 Å². The average Bonchev–Trinajstić information content (AvgIpc) is 2.58. The molecule has 5 N–H and O–H groups in total. The first-order chi connectivity index (χ1) is 7.22. The van der Waals surface area contributed by atoms with E-state index >= 15 is 0 Å². The molecule has 2 aromatic heterocycles. The molecule has 0 saturated carbocycles. The number of hydrogen-bond acceptors (Lipinski definition) is 4. The summed E-state index contributed by atoms with van der Waals surface area (Å²) >= 11 is 5.14. The Labute approximate surface area is 91.3 Å². The van der Waals surface area contributed by atoms with Gasteiger partial charge < -0.3 is 20.8 Å². The number of H-pyrrole nitrogens is 2. The summed E-state index contributed by atoms with van der Waals surface area (Å²) in [6.45, 7) is 0.172. The minimum absolute atomic E-state index is 0.172. The van der Waals surface area contributed by atoms with Crippen LogP contribution in [0.15, 0.2) is 6.20 Å². The van der Waals surface area contributed by atoms with Crippen molar-refractivity contribution in [2.75, 3.05) is 12.3 Å². The molecule has 2 rings (SSSR count). The van der Waals surface area contributed by atoms with Gasteiger partial charge in [0.2, 0.25) is 0 Å².